The van der Waals surface area contributed by atoms with Crippen LogP contribution in [-0.2, 0) is 6.42 Å². The molecule has 1 atom stereocenters. The van der Waals surface area contributed by atoms with Gasteiger partial charge in [-0.05, 0) is 37.1 Å². The summed E-state index contributed by atoms with van der Waals surface area (Å²) in [6, 6.07) is 8.39. The monoisotopic (exact) mass is 237 g/mol. The molecule has 1 aromatic rings. The van der Waals surface area contributed by atoms with Crippen molar-refractivity contribution in [2.24, 2.45) is 0 Å². The first-order valence-electron chi connectivity index (χ1n) is 6.36. The Labute approximate surface area is 104 Å². The molecule has 0 amide bonds. The van der Waals surface area contributed by atoms with E-state index in [1.54, 1.807) is 0 Å². The Kier molecular flexibility index (Phi) is 6.67. The molecular weight excluding hydrogens is 214 g/mol. The molecule has 1 aromatic carbocycles. The van der Waals surface area contributed by atoms with E-state index >= 15 is 0 Å². The van der Waals surface area contributed by atoms with Gasteiger partial charge in [0.25, 0.3) is 0 Å². The van der Waals surface area contributed by atoms with Gasteiger partial charge in [0.05, 0.1) is 0 Å². The molecule has 96 valence electrons. The van der Waals surface area contributed by atoms with Crippen molar-refractivity contribution >= 4 is 0 Å². The third kappa shape index (κ3) is 5.20. The van der Waals surface area contributed by atoms with Crippen LogP contribution >= 0.6 is 0 Å². The molecule has 0 saturated carbocycles. The number of aryl methyl sites for hydroxylation is 1. The third-order valence-corrected chi connectivity index (χ3v) is 2.75. The van der Waals surface area contributed by atoms with Crippen molar-refractivity contribution in [1.82, 2.24) is 5.32 Å². The molecule has 3 nitrogen and oxygen atoms in total. The summed E-state index contributed by atoms with van der Waals surface area (Å²) >= 11 is 0. The predicted octanol–water partition coefficient (Wildman–Crippen LogP) is 1.99. The van der Waals surface area contributed by atoms with Gasteiger partial charge in [0.1, 0.15) is 12.4 Å². The van der Waals surface area contributed by atoms with Crippen molar-refractivity contribution in [2.75, 3.05) is 19.8 Å². The Hall–Kier alpha value is -1.06. The average Bonchev–Trinajstić information content (AvgIpc) is 2.37. The van der Waals surface area contributed by atoms with E-state index in [2.05, 4.69) is 31.3 Å². The van der Waals surface area contributed by atoms with Gasteiger partial charge in [-0.3, -0.25) is 0 Å². The van der Waals surface area contributed by atoms with Crippen LogP contribution in [0, 0.1) is 0 Å². The first-order valence-corrected chi connectivity index (χ1v) is 6.36. The highest BCUT2D eigenvalue weighted by molar-refractivity contribution is 5.27. The maximum Gasteiger partial charge on any atom is 0.119 e. The summed E-state index contributed by atoms with van der Waals surface area (Å²) in [5, 5.41) is 12.2. The lowest BCUT2D eigenvalue weighted by Crippen LogP contribution is -2.35. The Morgan fingerprint density at radius 2 is 1.94 bits per heavy atom. The fourth-order valence-corrected chi connectivity index (χ4v) is 1.71. The highest BCUT2D eigenvalue weighted by Crippen LogP contribution is 2.13. The molecular formula is C14H23NO2. The van der Waals surface area contributed by atoms with Crippen LogP contribution in [0.25, 0.3) is 0 Å². The zero-order chi connectivity index (χ0) is 12.5. The summed E-state index contributed by atoms with van der Waals surface area (Å²) < 4.78 is 5.70. The summed E-state index contributed by atoms with van der Waals surface area (Å²) in [5.74, 6) is 0.892. The smallest absolute Gasteiger partial charge is 0.119 e. The van der Waals surface area contributed by atoms with Gasteiger partial charge in [0.15, 0.2) is 0 Å². The van der Waals surface area contributed by atoms with Gasteiger partial charge in [-0.1, -0.05) is 26.0 Å². The first-order chi connectivity index (χ1) is 8.30. The molecule has 0 fully saturated rings. The Balaban J connectivity index is 2.41. The van der Waals surface area contributed by atoms with Gasteiger partial charge in [0.2, 0.25) is 0 Å². The number of ether oxygens (including phenoxy) is 1. The minimum absolute atomic E-state index is 0.190. The van der Waals surface area contributed by atoms with Crippen LogP contribution in [0.2, 0.25) is 0 Å². The zero-order valence-electron chi connectivity index (χ0n) is 10.8. The molecule has 0 heterocycles. The van der Waals surface area contributed by atoms with E-state index in [1.807, 2.05) is 12.1 Å². The summed E-state index contributed by atoms with van der Waals surface area (Å²) in [4.78, 5) is 0. The molecule has 0 radical (unpaired) electrons. The second-order valence-corrected chi connectivity index (χ2v) is 4.08. The molecule has 0 bridgehead atoms. The van der Waals surface area contributed by atoms with E-state index in [1.165, 1.54) is 5.56 Å². The van der Waals surface area contributed by atoms with Gasteiger partial charge in [-0.2, -0.15) is 0 Å². The van der Waals surface area contributed by atoms with Crippen LogP contribution in [0.3, 0.4) is 0 Å². The summed E-state index contributed by atoms with van der Waals surface area (Å²) in [5.41, 5.74) is 1.32. The van der Waals surface area contributed by atoms with E-state index in [0.717, 1.165) is 25.1 Å². The van der Waals surface area contributed by atoms with Gasteiger partial charge in [-0.25, -0.2) is 0 Å². The quantitative estimate of drug-likeness (QED) is 0.726. The van der Waals surface area contributed by atoms with Crippen molar-refractivity contribution in [2.45, 2.75) is 32.7 Å². The van der Waals surface area contributed by atoms with E-state index in [9.17, 15) is 0 Å². The number of hydrogen-bond donors (Lipinski definition) is 2. The van der Waals surface area contributed by atoms with Gasteiger partial charge >= 0.3 is 0 Å². The minimum Gasteiger partial charge on any atom is -0.492 e. The Bertz CT molecular complexity index is 292. The average molecular weight is 237 g/mol. The number of likely N-dealkylation sites (N-methyl/N-ethyl adjacent to an activating group) is 1. The maximum absolute atomic E-state index is 8.93. The number of aliphatic hydroxyl groups excluding tert-OH is 1. The van der Waals surface area contributed by atoms with Crippen molar-refractivity contribution in [3.63, 3.8) is 0 Å². The van der Waals surface area contributed by atoms with E-state index in [0.29, 0.717) is 6.61 Å². The molecule has 2 N–H and O–H groups in total. The Morgan fingerprint density at radius 3 is 2.47 bits per heavy atom. The van der Waals surface area contributed by atoms with Crippen molar-refractivity contribution in [3.05, 3.63) is 29.8 Å². The normalized spacial score (nSPS) is 12.4. The maximum atomic E-state index is 8.93. The standard InChI is InChI=1S/C14H23NO2/c1-3-12-5-7-14(8-6-12)17-11-13(9-10-16)15-4-2/h5-8,13,15-16H,3-4,9-11H2,1-2H3. The molecule has 17 heavy (non-hydrogen) atoms. The fourth-order valence-electron chi connectivity index (χ4n) is 1.71. The van der Waals surface area contributed by atoms with Gasteiger partial charge in [-0.15, -0.1) is 0 Å². The highest BCUT2D eigenvalue weighted by Gasteiger charge is 2.07. The molecule has 0 saturated heterocycles. The molecule has 3 heteroatoms. The zero-order valence-corrected chi connectivity index (χ0v) is 10.8. The lowest BCUT2D eigenvalue weighted by atomic mass is 10.2. The largest absolute Gasteiger partial charge is 0.492 e. The van der Waals surface area contributed by atoms with Crippen LogP contribution in [-0.4, -0.2) is 30.9 Å². The first kappa shape index (κ1) is 14.0. The van der Waals surface area contributed by atoms with E-state index in [4.69, 9.17) is 9.84 Å². The molecule has 0 aliphatic carbocycles. The topological polar surface area (TPSA) is 41.5 Å². The number of rotatable bonds is 8. The fraction of sp³-hybridized carbons (Fsp3) is 0.571. The predicted molar refractivity (Wildman–Crippen MR) is 70.5 cm³/mol. The molecule has 1 unspecified atom stereocenters. The van der Waals surface area contributed by atoms with E-state index < -0.39 is 0 Å². The highest BCUT2D eigenvalue weighted by atomic mass is 16.5. The number of benzene rings is 1. The molecule has 1 rings (SSSR count). The molecule has 0 aliphatic heterocycles. The lowest BCUT2D eigenvalue weighted by Gasteiger charge is -2.17. The number of aliphatic hydroxyl groups is 1. The van der Waals surface area contributed by atoms with Crippen LogP contribution in [0.15, 0.2) is 24.3 Å². The molecule has 0 aliphatic rings. The van der Waals surface area contributed by atoms with Gasteiger partial charge < -0.3 is 15.2 Å². The number of nitrogens with one attached hydrogen (secondary N) is 1. The van der Waals surface area contributed by atoms with Crippen molar-refractivity contribution in [1.29, 1.82) is 0 Å². The summed E-state index contributed by atoms with van der Waals surface area (Å²) in [6.07, 6.45) is 1.77. The lowest BCUT2D eigenvalue weighted by molar-refractivity contribution is 0.215. The minimum atomic E-state index is 0.190. The Morgan fingerprint density at radius 1 is 1.24 bits per heavy atom. The number of hydrogen-bond acceptors (Lipinski definition) is 3. The van der Waals surface area contributed by atoms with Crippen LogP contribution in [0.5, 0.6) is 5.75 Å². The molecule has 0 spiro atoms. The third-order valence-electron chi connectivity index (χ3n) is 2.75. The SMILES string of the molecule is CCNC(CCO)COc1ccc(CC)cc1. The molecule has 0 aromatic heterocycles. The van der Waals surface area contributed by atoms with Crippen LogP contribution in [0.4, 0.5) is 0 Å². The van der Waals surface area contributed by atoms with Gasteiger partial charge in [0, 0.05) is 12.6 Å². The van der Waals surface area contributed by atoms with Crippen molar-refractivity contribution < 1.29 is 9.84 Å². The second kappa shape index (κ2) is 8.09. The van der Waals surface area contributed by atoms with Crippen LogP contribution < -0.4 is 10.1 Å². The summed E-state index contributed by atoms with van der Waals surface area (Å²) in [6.45, 7) is 5.87. The summed E-state index contributed by atoms with van der Waals surface area (Å²) in [7, 11) is 0. The van der Waals surface area contributed by atoms with Crippen LogP contribution in [0.1, 0.15) is 25.8 Å². The van der Waals surface area contributed by atoms with Crippen molar-refractivity contribution in [3.8, 4) is 5.75 Å². The van der Waals surface area contributed by atoms with E-state index in [-0.39, 0.29) is 12.6 Å². The second-order valence-electron chi connectivity index (χ2n) is 4.08.